The summed E-state index contributed by atoms with van der Waals surface area (Å²) in [5.41, 5.74) is 0.606. The summed E-state index contributed by atoms with van der Waals surface area (Å²) < 4.78 is 35.3. The highest BCUT2D eigenvalue weighted by molar-refractivity contribution is 6.03. The number of aromatic nitrogens is 3. The van der Waals surface area contributed by atoms with Gasteiger partial charge < -0.3 is 19.8 Å². The fraction of sp³-hybridized carbons (Fsp3) is 0.406. The molecule has 216 valence electrons. The van der Waals surface area contributed by atoms with Crippen molar-refractivity contribution in [3.8, 4) is 35.4 Å². The van der Waals surface area contributed by atoms with Gasteiger partial charge in [0.25, 0.3) is 0 Å². The number of nitrogens with zero attached hydrogens (tertiary/aromatic N) is 5. The van der Waals surface area contributed by atoms with Crippen LogP contribution in [-0.2, 0) is 0 Å². The van der Waals surface area contributed by atoms with Gasteiger partial charge in [-0.1, -0.05) is 12.0 Å². The number of phenols is 1. The van der Waals surface area contributed by atoms with Gasteiger partial charge in [-0.25, -0.2) is 18.7 Å². The minimum atomic E-state index is -0.866. The second kappa shape index (κ2) is 9.75. The third kappa shape index (κ3) is 4.14. The van der Waals surface area contributed by atoms with Crippen molar-refractivity contribution < 1.29 is 23.7 Å². The number of anilines is 1. The fourth-order valence-electron chi connectivity index (χ4n) is 6.96. The fourth-order valence-corrected chi connectivity index (χ4v) is 6.96. The van der Waals surface area contributed by atoms with E-state index in [1.165, 1.54) is 18.2 Å². The lowest BCUT2D eigenvalue weighted by atomic mass is 9.87. The number of hydrogen-bond donors (Lipinski definition) is 2. The molecule has 0 saturated carbocycles. The van der Waals surface area contributed by atoms with Crippen LogP contribution in [-0.4, -0.2) is 80.2 Å². The Morgan fingerprint density at radius 2 is 2.05 bits per heavy atom. The highest BCUT2D eigenvalue weighted by Crippen LogP contribution is 2.43. The van der Waals surface area contributed by atoms with Crippen LogP contribution >= 0.6 is 0 Å². The highest BCUT2D eigenvalue weighted by Gasteiger charge is 2.49. The molecule has 10 heteroatoms. The summed E-state index contributed by atoms with van der Waals surface area (Å²) in [5, 5.41) is 22.4. The van der Waals surface area contributed by atoms with Gasteiger partial charge >= 0.3 is 6.01 Å². The van der Waals surface area contributed by atoms with E-state index in [0.29, 0.717) is 64.9 Å². The maximum atomic E-state index is 14.8. The summed E-state index contributed by atoms with van der Waals surface area (Å²) >= 11 is 0. The molecule has 0 aliphatic carbocycles. The van der Waals surface area contributed by atoms with E-state index in [0.717, 1.165) is 25.8 Å². The molecular formula is C32H31F2N5O3. The molecule has 0 amide bonds. The minimum absolute atomic E-state index is 0.0190. The maximum Gasteiger partial charge on any atom is 0.316 e. The summed E-state index contributed by atoms with van der Waals surface area (Å²) in [6.07, 6.45) is 9.60. The monoisotopic (exact) mass is 571 g/mol. The van der Waals surface area contributed by atoms with Gasteiger partial charge in [0.2, 0.25) is 0 Å². The largest absolute Gasteiger partial charge is 0.508 e. The second-order valence-electron chi connectivity index (χ2n) is 12.0. The van der Waals surface area contributed by atoms with Crippen molar-refractivity contribution in [3.63, 3.8) is 0 Å². The normalized spacial score (nSPS) is 25.5. The molecule has 3 fully saturated rings. The average Bonchev–Trinajstić information content (AvgIpc) is 3.50. The number of phenolic OH excluding ortho intramolecular Hbond substituents is 1. The van der Waals surface area contributed by atoms with E-state index in [1.807, 2.05) is 11.8 Å². The number of aliphatic hydroxyl groups is 1. The zero-order valence-electron chi connectivity index (χ0n) is 23.3. The molecule has 42 heavy (non-hydrogen) atoms. The predicted octanol–water partition coefficient (Wildman–Crippen LogP) is 4.59. The van der Waals surface area contributed by atoms with Crippen molar-refractivity contribution in [2.45, 2.75) is 49.9 Å². The van der Waals surface area contributed by atoms with Gasteiger partial charge in [0.05, 0.1) is 39.8 Å². The molecule has 3 aliphatic rings. The van der Waals surface area contributed by atoms with Crippen molar-refractivity contribution in [3.05, 3.63) is 47.9 Å². The molecule has 0 bridgehead atoms. The van der Waals surface area contributed by atoms with Crippen LogP contribution in [0, 0.1) is 18.2 Å². The van der Waals surface area contributed by atoms with Crippen LogP contribution < -0.4 is 9.64 Å². The van der Waals surface area contributed by atoms with E-state index < -0.39 is 17.5 Å². The Labute approximate surface area is 242 Å². The van der Waals surface area contributed by atoms with E-state index in [-0.39, 0.29) is 29.5 Å². The van der Waals surface area contributed by atoms with Gasteiger partial charge in [-0.15, -0.1) is 6.42 Å². The Bertz CT molecular complexity index is 1770. The van der Waals surface area contributed by atoms with Crippen LogP contribution in [0.1, 0.15) is 38.2 Å². The van der Waals surface area contributed by atoms with Crippen molar-refractivity contribution in [2.24, 2.45) is 0 Å². The van der Waals surface area contributed by atoms with Crippen molar-refractivity contribution in [1.82, 2.24) is 19.9 Å². The second-order valence-corrected chi connectivity index (χ2v) is 12.0. The number of alkyl halides is 1. The first-order chi connectivity index (χ1) is 20.2. The molecule has 8 nitrogen and oxygen atoms in total. The smallest absolute Gasteiger partial charge is 0.316 e. The van der Waals surface area contributed by atoms with E-state index in [9.17, 15) is 19.0 Å². The number of hydrogen-bond acceptors (Lipinski definition) is 8. The average molecular weight is 572 g/mol. The molecule has 3 saturated heterocycles. The molecule has 2 aromatic carbocycles. The number of rotatable bonds is 6. The number of aliphatic hydroxyl groups excluding tert-OH is 1. The van der Waals surface area contributed by atoms with Gasteiger partial charge in [-0.2, -0.15) is 4.98 Å². The van der Waals surface area contributed by atoms with Crippen LogP contribution in [0.5, 0.6) is 11.8 Å². The van der Waals surface area contributed by atoms with E-state index in [1.54, 1.807) is 18.3 Å². The molecule has 0 spiro atoms. The standard InChI is InChI=1S/C32H31F2N5O3/c1-3-22-25(34)6-5-19-11-21(41)12-23(28(19)22)26-13-27-24(29(36-26)39-10-8-31(39,2)17-40)15-35-30(37-27)42-18-32-7-4-9-38(32)16-20(33)14-32/h1,5-6,11-13,15,20,40-41H,4,7-10,14,16-18H2,2H3/t20-,31?,32+/m1/s1. The SMILES string of the molecule is C#Cc1c(F)ccc2cc(O)cc(-c3cc4nc(OC[C@@]56CCCN5C[C@H](F)C6)ncc4c(N4CCC4(C)CO)n3)c12. The lowest BCUT2D eigenvalue weighted by molar-refractivity contribution is 0.107. The number of terminal acetylenes is 1. The van der Waals surface area contributed by atoms with E-state index >= 15 is 0 Å². The zero-order chi connectivity index (χ0) is 29.2. The number of benzene rings is 2. The molecule has 1 unspecified atom stereocenters. The lowest BCUT2D eigenvalue weighted by Crippen LogP contribution is -2.60. The van der Waals surface area contributed by atoms with Gasteiger partial charge in [0.15, 0.2) is 0 Å². The van der Waals surface area contributed by atoms with Crippen LogP contribution in [0.4, 0.5) is 14.6 Å². The first-order valence-corrected chi connectivity index (χ1v) is 14.2. The molecule has 0 radical (unpaired) electrons. The molecule has 4 aromatic rings. The van der Waals surface area contributed by atoms with Crippen LogP contribution in [0.3, 0.4) is 0 Å². The Morgan fingerprint density at radius 1 is 1.19 bits per heavy atom. The summed E-state index contributed by atoms with van der Waals surface area (Å²) in [7, 11) is 0. The Hall–Kier alpha value is -4.07. The van der Waals surface area contributed by atoms with Crippen LogP contribution in [0.25, 0.3) is 32.9 Å². The summed E-state index contributed by atoms with van der Waals surface area (Å²) in [6, 6.07) is 7.81. The summed E-state index contributed by atoms with van der Waals surface area (Å²) in [6.45, 7) is 4.13. The van der Waals surface area contributed by atoms with Gasteiger partial charge in [0.1, 0.15) is 30.2 Å². The maximum absolute atomic E-state index is 14.8. The number of aromatic hydroxyl groups is 1. The highest BCUT2D eigenvalue weighted by atomic mass is 19.1. The third-order valence-corrected chi connectivity index (χ3v) is 9.36. The number of halogens is 2. The van der Waals surface area contributed by atoms with Gasteiger partial charge in [-0.3, -0.25) is 4.90 Å². The quantitative estimate of drug-likeness (QED) is 0.325. The van der Waals surface area contributed by atoms with Gasteiger partial charge in [0, 0.05) is 36.7 Å². The topological polar surface area (TPSA) is 94.8 Å². The summed E-state index contributed by atoms with van der Waals surface area (Å²) in [4.78, 5) is 18.4. The molecule has 5 heterocycles. The zero-order valence-corrected chi connectivity index (χ0v) is 23.3. The predicted molar refractivity (Wildman–Crippen MR) is 156 cm³/mol. The molecular weight excluding hydrogens is 540 g/mol. The Morgan fingerprint density at radius 3 is 2.81 bits per heavy atom. The van der Waals surface area contributed by atoms with Crippen LogP contribution in [0.15, 0.2) is 36.5 Å². The van der Waals surface area contributed by atoms with Crippen molar-refractivity contribution in [1.29, 1.82) is 0 Å². The minimum Gasteiger partial charge on any atom is -0.508 e. The third-order valence-electron chi connectivity index (χ3n) is 9.36. The van der Waals surface area contributed by atoms with Crippen LogP contribution in [0.2, 0.25) is 0 Å². The first kappa shape index (κ1) is 26.8. The number of pyridine rings is 1. The van der Waals surface area contributed by atoms with E-state index in [4.69, 9.17) is 21.1 Å². The van der Waals surface area contributed by atoms with E-state index in [2.05, 4.69) is 15.8 Å². The molecule has 7 rings (SSSR count). The van der Waals surface area contributed by atoms with Crippen molar-refractivity contribution >= 4 is 27.5 Å². The number of ether oxygens (including phenoxy) is 1. The molecule has 3 atom stereocenters. The Kier molecular flexibility index (Phi) is 6.22. The lowest BCUT2D eigenvalue weighted by Gasteiger charge is -2.50. The Balaban J connectivity index is 1.37. The van der Waals surface area contributed by atoms with Gasteiger partial charge in [-0.05, 0) is 62.4 Å². The first-order valence-electron chi connectivity index (χ1n) is 14.2. The molecule has 2 N–H and O–H groups in total. The number of fused-ring (bicyclic) bond motifs is 3. The summed E-state index contributed by atoms with van der Waals surface area (Å²) in [5.74, 6) is 2.45. The molecule has 3 aliphatic heterocycles. The molecule has 2 aromatic heterocycles. The van der Waals surface area contributed by atoms with Crippen molar-refractivity contribution in [2.75, 3.05) is 37.7 Å².